The molecule has 4 rings (SSSR count). The number of carbonyl (C=O) groups is 2. The van der Waals surface area contributed by atoms with E-state index >= 15 is 0 Å². The van der Waals surface area contributed by atoms with E-state index in [1.165, 1.54) is 9.58 Å². The molecule has 2 heterocycles. The normalized spacial score (nSPS) is 15.3. The fraction of sp³-hybridized carbons (Fsp3) is 0.393. The molecule has 1 aliphatic heterocycles. The van der Waals surface area contributed by atoms with E-state index in [2.05, 4.69) is 10.4 Å². The van der Waals surface area contributed by atoms with E-state index in [4.69, 9.17) is 16.3 Å². The van der Waals surface area contributed by atoms with Crippen molar-refractivity contribution in [3.8, 4) is 5.75 Å². The van der Waals surface area contributed by atoms with E-state index in [0.717, 1.165) is 24.4 Å². The Balaban J connectivity index is 1.62. The summed E-state index contributed by atoms with van der Waals surface area (Å²) in [5, 5.41) is 15.4. The van der Waals surface area contributed by atoms with Crippen LogP contribution in [-0.4, -0.2) is 52.6 Å². The number of aliphatic carboxylic acids is 1. The maximum absolute atomic E-state index is 14.2. The first-order valence-electron chi connectivity index (χ1n) is 13.1. The number of benzene rings is 2. The SMILES string of the molecule is CC(C)c1c(C(=O)Nc2cc(CC(=O)O)c(N3CC[C@@H](F)C3)cc2C(F)(F)F)cnn1CCOc1cc(F)cc(F)c1Cl. The average Bonchev–Trinajstić information content (AvgIpc) is 3.52. The van der Waals surface area contributed by atoms with Crippen LogP contribution in [0.1, 0.15) is 53.4 Å². The number of nitrogens with one attached hydrogen (secondary N) is 1. The summed E-state index contributed by atoms with van der Waals surface area (Å²) in [6.07, 6.45) is -5.61. The van der Waals surface area contributed by atoms with Crippen LogP contribution >= 0.6 is 11.6 Å². The summed E-state index contributed by atoms with van der Waals surface area (Å²) in [6.45, 7) is 3.19. The predicted molar refractivity (Wildman–Crippen MR) is 146 cm³/mol. The van der Waals surface area contributed by atoms with E-state index < -0.39 is 58.6 Å². The molecule has 3 aromatic rings. The van der Waals surface area contributed by atoms with Gasteiger partial charge in [-0.25, -0.2) is 13.2 Å². The number of alkyl halides is 4. The maximum atomic E-state index is 14.2. The van der Waals surface area contributed by atoms with Gasteiger partial charge in [0.15, 0.2) is 0 Å². The van der Waals surface area contributed by atoms with Crippen LogP contribution in [-0.2, 0) is 23.9 Å². The number of rotatable bonds is 10. The molecule has 232 valence electrons. The number of aromatic nitrogens is 2. The summed E-state index contributed by atoms with van der Waals surface area (Å²) in [4.78, 5) is 26.2. The van der Waals surface area contributed by atoms with Gasteiger partial charge < -0.3 is 20.1 Å². The van der Waals surface area contributed by atoms with Crippen molar-refractivity contribution >= 4 is 34.9 Å². The third-order valence-electron chi connectivity index (χ3n) is 6.78. The van der Waals surface area contributed by atoms with Crippen molar-refractivity contribution in [3.05, 3.63) is 69.5 Å². The van der Waals surface area contributed by atoms with Crippen LogP contribution in [0.15, 0.2) is 30.5 Å². The number of ether oxygens (including phenoxy) is 1. The Morgan fingerprint density at radius 2 is 1.93 bits per heavy atom. The Kier molecular flexibility index (Phi) is 9.47. The van der Waals surface area contributed by atoms with Gasteiger partial charge in [0.1, 0.15) is 35.2 Å². The summed E-state index contributed by atoms with van der Waals surface area (Å²) in [5.41, 5.74) is -1.70. The molecular formula is C28H27ClF6N4O4. The molecule has 0 saturated carbocycles. The number of amides is 1. The van der Waals surface area contributed by atoms with Gasteiger partial charge in [0.05, 0.1) is 41.7 Å². The lowest BCUT2D eigenvalue weighted by atomic mass is 10.0. The third kappa shape index (κ3) is 7.35. The molecule has 1 atom stereocenters. The molecule has 0 bridgehead atoms. The molecule has 1 amide bonds. The predicted octanol–water partition coefficient (Wildman–Crippen LogP) is 6.46. The molecule has 8 nitrogen and oxygen atoms in total. The minimum absolute atomic E-state index is 0.00802. The molecule has 1 aliphatic rings. The second-order valence-electron chi connectivity index (χ2n) is 10.3. The number of carbonyl (C=O) groups excluding carboxylic acids is 1. The summed E-state index contributed by atoms with van der Waals surface area (Å²) in [5.74, 6) is -4.76. The molecule has 0 aliphatic carbocycles. The van der Waals surface area contributed by atoms with Gasteiger partial charge in [-0.05, 0) is 30.0 Å². The minimum atomic E-state index is -4.94. The molecule has 1 fully saturated rings. The molecule has 15 heteroatoms. The van der Waals surface area contributed by atoms with Gasteiger partial charge in [0.25, 0.3) is 5.91 Å². The van der Waals surface area contributed by atoms with Crippen molar-refractivity contribution in [2.45, 2.75) is 51.5 Å². The smallest absolute Gasteiger partial charge is 0.418 e. The highest BCUT2D eigenvalue weighted by atomic mass is 35.5. The molecule has 0 spiro atoms. The van der Waals surface area contributed by atoms with Crippen molar-refractivity contribution in [2.75, 3.05) is 29.9 Å². The Labute approximate surface area is 247 Å². The van der Waals surface area contributed by atoms with Gasteiger partial charge in [0.2, 0.25) is 0 Å². The molecule has 0 radical (unpaired) electrons. The number of nitrogens with zero attached hydrogens (tertiary/aromatic N) is 3. The van der Waals surface area contributed by atoms with Crippen molar-refractivity contribution in [1.29, 1.82) is 0 Å². The van der Waals surface area contributed by atoms with Gasteiger partial charge in [-0.1, -0.05) is 25.4 Å². The first-order valence-corrected chi connectivity index (χ1v) is 13.5. The molecule has 1 saturated heterocycles. The van der Waals surface area contributed by atoms with Crippen LogP contribution in [0.2, 0.25) is 5.02 Å². The van der Waals surface area contributed by atoms with Crippen LogP contribution in [0.25, 0.3) is 0 Å². The van der Waals surface area contributed by atoms with Crippen LogP contribution in [0, 0.1) is 11.6 Å². The number of carboxylic acid groups (broad SMARTS) is 1. The maximum Gasteiger partial charge on any atom is 0.418 e. The van der Waals surface area contributed by atoms with E-state index in [1.807, 2.05) is 0 Å². The second-order valence-corrected chi connectivity index (χ2v) is 10.6. The zero-order valence-corrected chi connectivity index (χ0v) is 23.7. The zero-order valence-electron chi connectivity index (χ0n) is 22.9. The van der Waals surface area contributed by atoms with E-state index in [9.17, 15) is 41.0 Å². The fourth-order valence-corrected chi connectivity index (χ4v) is 5.10. The molecule has 2 N–H and O–H groups in total. The number of anilines is 2. The zero-order chi connectivity index (χ0) is 31.6. The first-order chi connectivity index (χ1) is 20.1. The fourth-order valence-electron chi connectivity index (χ4n) is 4.93. The lowest BCUT2D eigenvalue weighted by Crippen LogP contribution is -2.24. The van der Waals surface area contributed by atoms with E-state index in [0.29, 0.717) is 11.8 Å². The van der Waals surface area contributed by atoms with Crippen LogP contribution in [0.5, 0.6) is 5.75 Å². The molecule has 1 aromatic heterocycles. The van der Waals surface area contributed by atoms with Gasteiger partial charge in [0, 0.05) is 30.9 Å². The van der Waals surface area contributed by atoms with E-state index in [1.54, 1.807) is 13.8 Å². The highest BCUT2D eigenvalue weighted by Crippen LogP contribution is 2.41. The first kappa shape index (κ1) is 32.0. The van der Waals surface area contributed by atoms with E-state index in [-0.39, 0.29) is 61.1 Å². The van der Waals surface area contributed by atoms with Crippen molar-refractivity contribution in [2.24, 2.45) is 0 Å². The summed E-state index contributed by atoms with van der Waals surface area (Å²) >= 11 is 5.81. The van der Waals surface area contributed by atoms with Crippen LogP contribution < -0.4 is 15.0 Å². The lowest BCUT2D eigenvalue weighted by Gasteiger charge is -2.24. The summed E-state index contributed by atoms with van der Waals surface area (Å²) < 4.78 is 90.3. The Morgan fingerprint density at radius 3 is 2.53 bits per heavy atom. The number of hydrogen-bond donors (Lipinski definition) is 2. The van der Waals surface area contributed by atoms with Crippen molar-refractivity contribution in [3.63, 3.8) is 0 Å². The van der Waals surface area contributed by atoms with Gasteiger partial charge >= 0.3 is 12.1 Å². The Bertz CT molecular complexity index is 1530. The molecule has 2 aromatic carbocycles. The summed E-state index contributed by atoms with van der Waals surface area (Å²) in [7, 11) is 0. The highest BCUT2D eigenvalue weighted by molar-refractivity contribution is 6.32. The molecule has 43 heavy (non-hydrogen) atoms. The molecular weight excluding hydrogens is 606 g/mol. The monoisotopic (exact) mass is 632 g/mol. The quantitative estimate of drug-likeness (QED) is 0.197. The van der Waals surface area contributed by atoms with Crippen molar-refractivity contribution < 1.29 is 45.8 Å². The largest absolute Gasteiger partial charge is 0.490 e. The number of hydrogen-bond acceptors (Lipinski definition) is 5. The lowest BCUT2D eigenvalue weighted by molar-refractivity contribution is -0.137. The van der Waals surface area contributed by atoms with Gasteiger partial charge in [-0.3, -0.25) is 14.3 Å². The highest BCUT2D eigenvalue weighted by Gasteiger charge is 2.37. The molecule has 0 unspecified atom stereocenters. The summed E-state index contributed by atoms with van der Waals surface area (Å²) in [6, 6.07) is 3.18. The van der Waals surface area contributed by atoms with Crippen LogP contribution in [0.3, 0.4) is 0 Å². The Morgan fingerprint density at radius 1 is 1.21 bits per heavy atom. The van der Waals surface area contributed by atoms with Crippen LogP contribution in [0.4, 0.5) is 37.7 Å². The van der Waals surface area contributed by atoms with Crippen molar-refractivity contribution in [1.82, 2.24) is 9.78 Å². The Hall–Kier alpha value is -3.94. The number of halogens is 7. The average molecular weight is 633 g/mol. The number of carboxylic acids is 1. The second kappa shape index (κ2) is 12.7. The minimum Gasteiger partial charge on any atom is -0.490 e. The third-order valence-corrected chi connectivity index (χ3v) is 7.14. The van der Waals surface area contributed by atoms with Gasteiger partial charge in [-0.15, -0.1) is 0 Å². The standard InChI is InChI=1S/C28H27ClF6N4O4/c1-14(2)26-18(12-36-39(26)5-6-43-23-10-17(31)9-20(32)25(23)29)27(42)37-21-7-15(8-24(40)41)22(11-19(21)28(33,34)35)38-4-3-16(30)13-38/h7,9-12,14,16H,3-6,8,13H2,1-2H3,(H,37,42)(H,40,41)/t16-/m1/s1. The van der Waals surface area contributed by atoms with Gasteiger partial charge in [-0.2, -0.15) is 18.3 Å². The topological polar surface area (TPSA) is 96.7 Å².